The summed E-state index contributed by atoms with van der Waals surface area (Å²) in [5, 5.41) is 10.6. The molecule has 0 aliphatic heterocycles. The molecule has 0 saturated heterocycles. The number of halogens is 1. The van der Waals surface area contributed by atoms with Crippen molar-refractivity contribution in [2.75, 3.05) is 6.54 Å². The van der Waals surface area contributed by atoms with E-state index in [1.54, 1.807) is 12.1 Å². The molecule has 0 bridgehead atoms. The number of H-pyrrole nitrogens is 1. The van der Waals surface area contributed by atoms with Crippen molar-refractivity contribution in [2.24, 2.45) is 5.41 Å². The molecule has 1 amide bonds. The van der Waals surface area contributed by atoms with Gasteiger partial charge in [0.15, 0.2) is 5.82 Å². The number of hydrogen-bond donors (Lipinski definition) is 2. The van der Waals surface area contributed by atoms with Crippen LogP contribution in [0.4, 0.5) is 0 Å². The van der Waals surface area contributed by atoms with Crippen molar-refractivity contribution in [3.8, 4) is 11.4 Å². The van der Waals surface area contributed by atoms with Crippen molar-refractivity contribution in [1.82, 2.24) is 20.5 Å². The molecule has 0 fully saturated rings. The summed E-state index contributed by atoms with van der Waals surface area (Å²) in [5.74, 6) is 1.40. The van der Waals surface area contributed by atoms with Crippen LogP contribution in [0.2, 0.25) is 5.02 Å². The molecule has 1 heterocycles. The van der Waals surface area contributed by atoms with Gasteiger partial charge in [0.05, 0.1) is 0 Å². The second kappa shape index (κ2) is 6.26. The quantitative estimate of drug-likeness (QED) is 0.912. The lowest BCUT2D eigenvalue weighted by Gasteiger charge is -2.17. The van der Waals surface area contributed by atoms with Crippen molar-refractivity contribution >= 4 is 17.5 Å². The Balaban J connectivity index is 1.92. The molecular formula is C15H19ClN4O. The SMILES string of the molecule is CC(C)(C)C(=O)NCCc1nc(-c2ccc(Cl)cc2)n[nH]1. The third-order valence-electron chi connectivity index (χ3n) is 2.96. The van der Waals surface area contributed by atoms with Gasteiger partial charge in [0.25, 0.3) is 0 Å². The first-order chi connectivity index (χ1) is 9.86. The van der Waals surface area contributed by atoms with E-state index >= 15 is 0 Å². The first-order valence-electron chi connectivity index (χ1n) is 6.82. The monoisotopic (exact) mass is 306 g/mol. The van der Waals surface area contributed by atoms with Crippen molar-refractivity contribution in [1.29, 1.82) is 0 Å². The van der Waals surface area contributed by atoms with Crippen LogP contribution in [0.25, 0.3) is 11.4 Å². The molecule has 1 aromatic heterocycles. The van der Waals surface area contributed by atoms with E-state index in [0.29, 0.717) is 23.8 Å². The largest absolute Gasteiger partial charge is 0.355 e. The third-order valence-corrected chi connectivity index (χ3v) is 3.21. The average molecular weight is 307 g/mol. The van der Waals surface area contributed by atoms with Gasteiger partial charge in [-0.1, -0.05) is 32.4 Å². The highest BCUT2D eigenvalue weighted by Crippen LogP contribution is 2.17. The summed E-state index contributed by atoms with van der Waals surface area (Å²) in [6.07, 6.45) is 0.614. The van der Waals surface area contributed by atoms with Gasteiger partial charge in [-0.15, -0.1) is 0 Å². The molecule has 0 unspecified atom stereocenters. The third kappa shape index (κ3) is 4.29. The van der Waals surface area contributed by atoms with Crippen LogP contribution in [-0.4, -0.2) is 27.6 Å². The number of aromatic nitrogens is 3. The van der Waals surface area contributed by atoms with Crippen LogP contribution in [0.5, 0.6) is 0 Å². The minimum absolute atomic E-state index is 0.0277. The Bertz CT molecular complexity index is 613. The van der Waals surface area contributed by atoms with Gasteiger partial charge in [-0.3, -0.25) is 9.89 Å². The van der Waals surface area contributed by atoms with E-state index < -0.39 is 0 Å². The van der Waals surface area contributed by atoms with Crippen LogP contribution < -0.4 is 5.32 Å². The molecule has 0 aliphatic rings. The van der Waals surface area contributed by atoms with Gasteiger partial charge in [0, 0.05) is 29.0 Å². The van der Waals surface area contributed by atoms with Crippen LogP contribution in [0.15, 0.2) is 24.3 Å². The Morgan fingerprint density at radius 1 is 1.29 bits per heavy atom. The molecule has 6 heteroatoms. The Hall–Kier alpha value is -1.88. The number of carbonyl (C=O) groups is 1. The van der Waals surface area contributed by atoms with Crippen molar-refractivity contribution in [3.05, 3.63) is 35.1 Å². The summed E-state index contributed by atoms with van der Waals surface area (Å²) in [7, 11) is 0. The summed E-state index contributed by atoms with van der Waals surface area (Å²) < 4.78 is 0. The fourth-order valence-corrected chi connectivity index (χ4v) is 1.82. The summed E-state index contributed by atoms with van der Waals surface area (Å²) >= 11 is 5.85. The Labute approximate surface area is 129 Å². The molecule has 5 nitrogen and oxygen atoms in total. The maximum absolute atomic E-state index is 11.7. The molecule has 112 valence electrons. The first-order valence-corrected chi connectivity index (χ1v) is 7.19. The number of aromatic amines is 1. The van der Waals surface area contributed by atoms with Crippen molar-refractivity contribution < 1.29 is 4.79 Å². The van der Waals surface area contributed by atoms with Crippen LogP contribution in [0.1, 0.15) is 26.6 Å². The van der Waals surface area contributed by atoms with E-state index in [1.807, 2.05) is 32.9 Å². The van der Waals surface area contributed by atoms with Gasteiger partial charge in [-0.2, -0.15) is 5.10 Å². The molecule has 0 spiro atoms. The summed E-state index contributed by atoms with van der Waals surface area (Å²) in [6.45, 7) is 6.19. The molecule has 2 aromatic rings. The van der Waals surface area contributed by atoms with Crippen LogP contribution in [-0.2, 0) is 11.2 Å². The van der Waals surface area contributed by atoms with E-state index in [4.69, 9.17) is 11.6 Å². The Morgan fingerprint density at radius 3 is 2.57 bits per heavy atom. The fourth-order valence-electron chi connectivity index (χ4n) is 1.69. The van der Waals surface area contributed by atoms with Gasteiger partial charge in [0.2, 0.25) is 5.91 Å². The first kappa shape index (κ1) is 15.5. The van der Waals surface area contributed by atoms with E-state index in [2.05, 4.69) is 20.5 Å². The van der Waals surface area contributed by atoms with Crippen LogP contribution >= 0.6 is 11.6 Å². The van der Waals surface area contributed by atoms with E-state index in [-0.39, 0.29) is 11.3 Å². The number of nitrogens with zero attached hydrogens (tertiary/aromatic N) is 2. The summed E-state index contributed by atoms with van der Waals surface area (Å²) in [6, 6.07) is 7.35. The molecule has 2 N–H and O–H groups in total. The number of rotatable bonds is 4. The van der Waals surface area contributed by atoms with Gasteiger partial charge in [-0.25, -0.2) is 4.98 Å². The molecule has 21 heavy (non-hydrogen) atoms. The fraction of sp³-hybridized carbons (Fsp3) is 0.400. The van der Waals surface area contributed by atoms with E-state index in [1.165, 1.54) is 0 Å². The second-order valence-electron chi connectivity index (χ2n) is 5.87. The molecule has 0 aliphatic carbocycles. The maximum Gasteiger partial charge on any atom is 0.225 e. The lowest BCUT2D eigenvalue weighted by atomic mass is 9.96. The number of nitrogens with one attached hydrogen (secondary N) is 2. The molecule has 1 aromatic carbocycles. The second-order valence-corrected chi connectivity index (χ2v) is 6.30. The van der Waals surface area contributed by atoms with Gasteiger partial charge >= 0.3 is 0 Å². The molecule has 2 rings (SSSR count). The van der Waals surface area contributed by atoms with Gasteiger partial charge < -0.3 is 5.32 Å². The number of carbonyl (C=O) groups excluding carboxylic acids is 1. The zero-order valence-corrected chi connectivity index (χ0v) is 13.2. The Kier molecular flexibility index (Phi) is 4.63. The minimum Gasteiger partial charge on any atom is -0.355 e. The molecule has 0 atom stereocenters. The zero-order valence-electron chi connectivity index (χ0n) is 12.4. The topological polar surface area (TPSA) is 70.7 Å². The maximum atomic E-state index is 11.7. The number of amides is 1. The van der Waals surface area contributed by atoms with Gasteiger partial charge in [-0.05, 0) is 24.3 Å². The predicted octanol–water partition coefficient (Wildman–Crippen LogP) is 2.83. The van der Waals surface area contributed by atoms with E-state index in [0.717, 1.165) is 11.4 Å². The minimum atomic E-state index is -0.379. The normalized spacial score (nSPS) is 11.4. The summed E-state index contributed by atoms with van der Waals surface area (Å²) in [5.41, 5.74) is 0.524. The van der Waals surface area contributed by atoms with Crippen LogP contribution in [0, 0.1) is 5.41 Å². The summed E-state index contributed by atoms with van der Waals surface area (Å²) in [4.78, 5) is 16.2. The van der Waals surface area contributed by atoms with Crippen molar-refractivity contribution in [2.45, 2.75) is 27.2 Å². The highest BCUT2D eigenvalue weighted by Gasteiger charge is 2.20. The predicted molar refractivity (Wildman–Crippen MR) is 83.0 cm³/mol. The average Bonchev–Trinajstić information content (AvgIpc) is 2.87. The van der Waals surface area contributed by atoms with E-state index in [9.17, 15) is 4.79 Å². The van der Waals surface area contributed by atoms with Crippen molar-refractivity contribution in [3.63, 3.8) is 0 Å². The molecule has 0 saturated carbocycles. The highest BCUT2D eigenvalue weighted by atomic mass is 35.5. The molecule has 0 radical (unpaired) electrons. The zero-order chi connectivity index (χ0) is 15.5. The smallest absolute Gasteiger partial charge is 0.225 e. The standard InChI is InChI=1S/C15H19ClN4O/c1-15(2,3)14(21)17-9-8-12-18-13(20-19-12)10-4-6-11(16)7-5-10/h4-7H,8-9H2,1-3H3,(H,17,21)(H,18,19,20). The van der Waals surface area contributed by atoms with Crippen LogP contribution in [0.3, 0.4) is 0 Å². The number of hydrogen-bond acceptors (Lipinski definition) is 3. The highest BCUT2D eigenvalue weighted by molar-refractivity contribution is 6.30. The lowest BCUT2D eigenvalue weighted by Crippen LogP contribution is -2.36. The Morgan fingerprint density at radius 2 is 1.95 bits per heavy atom. The lowest BCUT2D eigenvalue weighted by molar-refractivity contribution is -0.128. The molecular weight excluding hydrogens is 288 g/mol. The number of benzene rings is 1. The van der Waals surface area contributed by atoms with Gasteiger partial charge in [0.1, 0.15) is 5.82 Å².